The number of aromatic nitrogens is 1. The zero-order valence-corrected chi connectivity index (χ0v) is 50.7. The first-order valence-corrected chi connectivity index (χ1v) is 29.8. The molecular formula is C53H85N6O8PS3Y. The molecule has 1 saturated heterocycles. The molecule has 3 rings (SSSR count). The molecule has 2 heterocycles. The number of thiazole rings is 1. The number of nitrogens with zero attached hydrogens (tertiary/aromatic N) is 4. The van der Waals surface area contributed by atoms with Gasteiger partial charge < -0.3 is 25.8 Å². The molecule has 72 heavy (non-hydrogen) atoms. The molecule has 8 atom stereocenters. The monoisotopic (exact) mass is 1150 g/mol. The number of carbonyl (C=O) groups excluding carboxylic acids is 6. The zero-order valence-electron chi connectivity index (χ0n) is 44.4. The van der Waals surface area contributed by atoms with Crippen LogP contribution in [0.3, 0.4) is 0 Å². The van der Waals surface area contributed by atoms with Crippen LogP contribution in [-0.4, -0.2) is 124 Å². The van der Waals surface area contributed by atoms with Gasteiger partial charge >= 0.3 is 0 Å². The molecule has 1 aliphatic rings. The van der Waals surface area contributed by atoms with Gasteiger partial charge in [0.15, 0.2) is 11.6 Å². The van der Waals surface area contributed by atoms with Crippen molar-refractivity contribution in [1.29, 1.82) is 0 Å². The maximum absolute atomic E-state index is 14.8. The van der Waals surface area contributed by atoms with Crippen molar-refractivity contribution in [3.8, 4) is 5.75 Å². The summed E-state index contributed by atoms with van der Waals surface area (Å²) in [5.74, 6) is 0.447. The van der Waals surface area contributed by atoms with Crippen molar-refractivity contribution in [3.63, 3.8) is 0 Å². The number of amides is 2. The smallest absolute Gasteiger partial charge is 0.270 e. The van der Waals surface area contributed by atoms with Crippen molar-refractivity contribution in [2.45, 2.75) is 175 Å². The van der Waals surface area contributed by atoms with Crippen LogP contribution in [0.2, 0.25) is 0 Å². The van der Waals surface area contributed by atoms with Crippen LogP contribution < -0.4 is 11.1 Å². The minimum atomic E-state index is -0.612. The Balaban J connectivity index is 0.0000178. The third-order valence-electron chi connectivity index (χ3n) is 13.6. The van der Waals surface area contributed by atoms with Gasteiger partial charge in [0.05, 0.1) is 12.1 Å². The van der Waals surface area contributed by atoms with Gasteiger partial charge in [0.2, 0.25) is 5.91 Å². The first kappa shape index (κ1) is 66.2. The third-order valence-corrected chi connectivity index (χ3v) is 17.2. The van der Waals surface area contributed by atoms with Crippen molar-refractivity contribution in [3.05, 3.63) is 45.9 Å². The van der Waals surface area contributed by atoms with E-state index in [-0.39, 0.29) is 128 Å². The Morgan fingerprint density at radius 3 is 2.33 bits per heavy atom. The predicted octanol–water partition coefficient (Wildman–Crippen LogP) is 10.1. The van der Waals surface area contributed by atoms with Crippen LogP contribution in [0.1, 0.15) is 166 Å². The summed E-state index contributed by atoms with van der Waals surface area (Å²) in [6.07, 6.45) is 8.38. The number of piperidine rings is 1. The largest absolute Gasteiger partial charge is 0.508 e. The van der Waals surface area contributed by atoms with E-state index < -0.39 is 24.1 Å². The minimum Gasteiger partial charge on any atom is -0.508 e. The van der Waals surface area contributed by atoms with Crippen LogP contribution in [0.25, 0.3) is 0 Å². The van der Waals surface area contributed by atoms with Crippen LogP contribution in [-0.2, 0) is 67.8 Å². The number of ether oxygens (including phenoxy) is 1. The number of nitrogens with two attached hydrogens (primary N) is 1. The number of Topliss-reactive ketones (excluding diaryl/α,β-unsaturated/α-hetero) is 4. The van der Waals surface area contributed by atoms with E-state index >= 15 is 0 Å². The number of rotatable bonds is 37. The number of likely N-dealkylation sites (N-methyl/N-ethyl adjacent to an activating group) is 1. The molecular weight excluding hydrogens is 1060 g/mol. The van der Waals surface area contributed by atoms with E-state index in [2.05, 4.69) is 58.6 Å². The molecule has 1 unspecified atom stereocenters. The maximum atomic E-state index is 14.8. The second-order valence-electron chi connectivity index (χ2n) is 19.8. The van der Waals surface area contributed by atoms with E-state index in [1.54, 1.807) is 28.3 Å². The number of aromatic hydroxyl groups is 1. The fourth-order valence-electron chi connectivity index (χ4n) is 9.13. The normalized spacial score (nSPS) is 16.9. The fraction of sp³-hybridized carbons (Fsp3) is 0.717. The van der Waals surface area contributed by atoms with E-state index in [0.29, 0.717) is 74.6 Å². The predicted molar refractivity (Wildman–Crippen MR) is 293 cm³/mol. The van der Waals surface area contributed by atoms with Gasteiger partial charge in [-0.3, -0.25) is 38.4 Å². The molecule has 0 saturated carbocycles. The summed E-state index contributed by atoms with van der Waals surface area (Å²) < 4.78 is 10.2. The number of hydrogen-bond acceptors (Lipinski definition) is 15. The summed E-state index contributed by atoms with van der Waals surface area (Å²) in [6.45, 7) is 16.5. The number of ketones is 4. The molecule has 0 bridgehead atoms. The van der Waals surface area contributed by atoms with Crippen molar-refractivity contribution in [1.82, 2.24) is 20.1 Å². The second kappa shape index (κ2) is 36.2. The first-order chi connectivity index (χ1) is 33.9. The summed E-state index contributed by atoms with van der Waals surface area (Å²) in [7, 11) is 8.03. The number of benzene rings is 1. The molecule has 1 fully saturated rings. The van der Waals surface area contributed by atoms with Crippen LogP contribution in [0.5, 0.6) is 5.75 Å². The van der Waals surface area contributed by atoms with Crippen LogP contribution in [0.4, 0.5) is 0 Å². The summed E-state index contributed by atoms with van der Waals surface area (Å²) in [6, 6.07) is 5.47. The Morgan fingerprint density at radius 1 is 0.986 bits per heavy atom. The van der Waals surface area contributed by atoms with Crippen molar-refractivity contribution >= 4 is 76.9 Å². The van der Waals surface area contributed by atoms with Gasteiger partial charge in [0.25, 0.3) is 5.91 Å². The Bertz CT molecular complexity index is 1980. The fourth-order valence-corrected chi connectivity index (χ4v) is 12.4. The van der Waals surface area contributed by atoms with Gasteiger partial charge in [-0.05, 0) is 104 Å². The first-order valence-electron chi connectivity index (χ1n) is 26.0. The molecule has 2 amide bonds. The van der Waals surface area contributed by atoms with Crippen LogP contribution in [0.15, 0.2) is 34.4 Å². The van der Waals surface area contributed by atoms with Crippen LogP contribution in [0, 0.1) is 23.7 Å². The van der Waals surface area contributed by atoms with E-state index in [4.69, 9.17) is 15.5 Å². The van der Waals surface area contributed by atoms with Crippen molar-refractivity contribution in [2.24, 2.45) is 34.2 Å². The van der Waals surface area contributed by atoms with E-state index in [1.807, 2.05) is 37.9 Å². The summed E-state index contributed by atoms with van der Waals surface area (Å²) in [5, 5.41) is 15.5. The average molecular weight is 1150 g/mol. The molecule has 0 aliphatic carbocycles. The molecule has 401 valence electrons. The summed E-state index contributed by atoms with van der Waals surface area (Å²) in [5.41, 5.74) is 7.24. The molecule has 4 N–H and O–H groups in total. The van der Waals surface area contributed by atoms with Gasteiger partial charge in [-0.25, -0.2) is 4.98 Å². The van der Waals surface area contributed by atoms with E-state index in [9.17, 15) is 33.9 Å². The Labute approximate surface area is 470 Å². The molecule has 1 aromatic heterocycles. The summed E-state index contributed by atoms with van der Waals surface area (Å²) in [4.78, 5) is 89.4. The molecule has 14 nitrogen and oxygen atoms in total. The van der Waals surface area contributed by atoms with Gasteiger partial charge in [0.1, 0.15) is 40.7 Å². The number of nitrogens with one attached hydrogen (secondary N) is 1. The standard InChI is InChI=1S/C53H85N6O8PS3.Y/c1-9-24-59(53(66)42(36(6)11-3)30-49(64)45-17-12-13-25-58(45)8)46(35(4)5)31-50(67-26-10-2)52-57-44(34-69-52)51(65)56-39(29-38-20-22-40(60)23-21-38)28-37(7)47(62)19-15-27-70-71-33-43(54)48(63)18-14-16-41(61)32-55-68;/h20-23,34-37,39,42-43,45-46,50,60,68H,9-19,24-33,54H2,1-8H3,(H,56,65);/t36?,37-,39+,42-,43+,45+,46+,50+;/m0./s1. The van der Waals surface area contributed by atoms with Crippen molar-refractivity contribution < 1.29 is 71.3 Å². The zero-order chi connectivity index (χ0) is 52.5. The Hall–Kier alpha value is -1.95. The summed E-state index contributed by atoms with van der Waals surface area (Å²) >= 11 is 1.36. The SMILES string of the molecule is CCCO[C@H](C[C@H](C(C)C)N(CCC)C(=O)[C@@H](CC(=O)[C@H]1CCCCN1C)C(C)CC)c1nc(C(=O)N[C@@H](Cc2ccc(O)cc2)C[C@H](C)C(=O)CCCSSC[C@@H](N)C(=O)CCCC(=O)CN=P)cs1.[Y]. The Kier molecular flexibility index (Phi) is 33.2. The maximum Gasteiger partial charge on any atom is 0.270 e. The molecule has 1 aromatic carbocycles. The number of carbonyl (C=O) groups is 6. The number of phenolic OH excluding ortho intramolecular Hbond substituents is 1. The third kappa shape index (κ3) is 23.1. The number of phenols is 1. The van der Waals surface area contributed by atoms with E-state index in [1.165, 1.54) is 22.1 Å². The van der Waals surface area contributed by atoms with Gasteiger partial charge in [-0.1, -0.05) is 95.0 Å². The van der Waals surface area contributed by atoms with Gasteiger partial charge in [0, 0.05) is 119 Å². The number of likely N-dealkylation sites (tertiary alicyclic amines) is 1. The molecule has 2 aromatic rings. The molecule has 0 spiro atoms. The van der Waals surface area contributed by atoms with E-state index in [0.717, 1.165) is 50.6 Å². The quantitative estimate of drug-likeness (QED) is 0.0328. The topological polar surface area (TPSA) is 202 Å². The Morgan fingerprint density at radius 2 is 1.69 bits per heavy atom. The molecule has 1 aliphatic heterocycles. The van der Waals surface area contributed by atoms with Crippen molar-refractivity contribution in [2.75, 3.05) is 44.8 Å². The molecule has 1 radical (unpaired) electrons. The molecule has 19 heteroatoms. The van der Waals surface area contributed by atoms with Crippen LogP contribution >= 0.6 is 42.0 Å². The minimum absolute atomic E-state index is 0. The number of hydrogen-bond donors (Lipinski definition) is 3. The average Bonchev–Trinajstić information content (AvgIpc) is 3.84. The van der Waals surface area contributed by atoms with Gasteiger partial charge in [-0.2, -0.15) is 0 Å². The van der Waals surface area contributed by atoms with Gasteiger partial charge in [-0.15, -0.1) is 11.3 Å². The second-order valence-corrected chi connectivity index (χ2v) is 23.6.